The molecule has 0 spiro atoms. The summed E-state index contributed by atoms with van der Waals surface area (Å²) in [6.07, 6.45) is 1.12. The lowest BCUT2D eigenvalue weighted by Crippen LogP contribution is -2.00. The van der Waals surface area contributed by atoms with Crippen molar-refractivity contribution in [1.29, 1.82) is 10.5 Å². The van der Waals surface area contributed by atoms with Crippen molar-refractivity contribution in [2.45, 2.75) is 12.8 Å². The summed E-state index contributed by atoms with van der Waals surface area (Å²) in [6, 6.07) is 13.4. The molecule has 2 aromatic carbocycles. The third-order valence-electron chi connectivity index (χ3n) is 2.86. The van der Waals surface area contributed by atoms with Gasteiger partial charge in [-0.25, -0.2) is 0 Å². The second-order valence-corrected chi connectivity index (χ2v) is 4.10. The Morgan fingerprint density at radius 3 is 2.58 bits per heavy atom. The molecule has 0 heterocycles. The van der Waals surface area contributed by atoms with Gasteiger partial charge in [-0.2, -0.15) is 10.5 Å². The molecule has 2 rings (SSSR count). The van der Waals surface area contributed by atoms with E-state index >= 15 is 0 Å². The van der Waals surface area contributed by atoms with Crippen LogP contribution in [0.25, 0.3) is 10.8 Å². The van der Waals surface area contributed by atoms with E-state index in [1.807, 2.05) is 24.3 Å². The molecule has 0 amide bonds. The number of benzene rings is 2. The van der Waals surface area contributed by atoms with Crippen molar-refractivity contribution in [3.05, 3.63) is 35.9 Å². The number of rotatable bonds is 4. The number of fused-ring (bicyclic) bond motifs is 1. The standard InChI is InChI=1S/C15H13N3O/c16-7-3-4-8-19-14-9-11(10-17)15(18)13-6-2-1-5-12(13)14/h1-2,5-6,9H,3-4,8,18H2. The zero-order chi connectivity index (χ0) is 13.7. The van der Waals surface area contributed by atoms with Crippen LogP contribution < -0.4 is 10.5 Å². The van der Waals surface area contributed by atoms with Crippen LogP contribution in [0.3, 0.4) is 0 Å². The molecule has 0 atom stereocenters. The fraction of sp³-hybridized carbons (Fsp3) is 0.200. The Bertz CT molecular complexity index is 680. The molecule has 0 aliphatic carbocycles. The first-order valence-corrected chi connectivity index (χ1v) is 5.99. The first-order chi connectivity index (χ1) is 9.27. The second-order valence-electron chi connectivity index (χ2n) is 4.10. The maximum atomic E-state index is 9.08. The highest BCUT2D eigenvalue weighted by molar-refractivity contribution is 5.99. The van der Waals surface area contributed by atoms with Crippen molar-refractivity contribution < 1.29 is 4.74 Å². The normalized spacial score (nSPS) is 9.79. The van der Waals surface area contributed by atoms with Crippen LogP contribution in [-0.4, -0.2) is 6.61 Å². The van der Waals surface area contributed by atoms with E-state index in [4.69, 9.17) is 21.0 Å². The van der Waals surface area contributed by atoms with Crippen LogP contribution in [-0.2, 0) is 0 Å². The Labute approximate surface area is 111 Å². The average Bonchev–Trinajstić information content (AvgIpc) is 2.46. The molecule has 0 unspecified atom stereocenters. The average molecular weight is 251 g/mol. The first kappa shape index (κ1) is 12.7. The number of nitriles is 2. The van der Waals surface area contributed by atoms with Crippen molar-refractivity contribution in [2.75, 3.05) is 12.3 Å². The van der Waals surface area contributed by atoms with Gasteiger partial charge in [0.15, 0.2) is 0 Å². The van der Waals surface area contributed by atoms with Crippen LogP contribution >= 0.6 is 0 Å². The molecule has 0 fully saturated rings. The van der Waals surface area contributed by atoms with Crippen molar-refractivity contribution in [3.63, 3.8) is 0 Å². The summed E-state index contributed by atoms with van der Waals surface area (Å²) in [5.41, 5.74) is 6.84. The van der Waals surface area contributed by atoms with E-state index in [1.54, 1.807) is 6.07 Å². The second kappa shape index (κ2) is 5.75. The van der Waals surface area contributed by atoms with Gasteiger partial charge < -0.3 is 10.5 Å². The molecular formula is C15H13N3O. The van der Waals surface area contributed by atoms with Crippen molar-refractivity contribution >= 4 is 16.5 Å². The largest absolute Gasteiger partial charge is 0.493 e. The van der Waals surface area contributed by atoms with E-state index in [1.165, 1.54) is 0 Å². The lowest BCUT2D eigenvalue weighted by atomic mass is 10.0. The number of nitrogens with two attached hydrogens (primary N) is 1. The highest BCUT2D eigenvalue weighted by Gasteiger charge is 2.10. The number of nitrogens with zero attached hydrogens (tertiary/aromatic N) is 2. The number of hydrogen-bond acceptors (Lipinski definition) is 4. The highest BCUT2D eigenvalue weighted by atomic mass is 16.5. The first-order valence-electron chi connectivity index (χ1n) is 5.99. The molecule has 4 heteroatoms. The van der Waals surface area contributed by atoms with Gasteiger partial charge in [-0.3, -0.25) is 0 Å². The maximum Gasteiger partial charge on any atom is 0.128 e. The molecule has 0 aromatic heterocycles. The number of hydrogen-bond donors (Lipinski definition) is 1. The van der Waals surface area contributed by atoms with Crippen molar-refractivity contribution in [3.8, 4) is 17.9 Å². The predicted octanol–water partition coefficient (Wildman–Crippen LogP) is 2.98. The van der Waals surface area contributed by atoms with Gasteiger partial charge in [0.2, 0.25) is 0 Å². The molecular weight excluding hydrogens is 238 g/mol. The van der Waals surface area contributed by atoms with Gasteiger partial charge in [0.25, 0.3) is 0 Å². The minimum Gasteiger partial charge on any atom is -0.493 e. The fourth-order valence-corrected chi connectivity index (χ4v) is 1.91. The van der Waals surface area contributed by atoms with Gasteiger partial charge >= 0.3 is 0 Å². The summed E-state index contributed by atoms with van der Waals surface area (Å²) in [5, 5.41) is 19.3. The third-order valence-corrected chi connectivity index (χ3v) is 2.86. The summed E-state index contributed by atoms with van der Waals surface area (Å²) < 4.78 is 5.66. The molecule has 0 aliphatic rings. The molecule has 0 radical (unpaired) electrons. The van der Waals surface area contributed by atoms with Crippen LogP contribution in [0.2, 0.25) is 0 Å². The van der Waals surface area contributed by atoms with Gasteiger partial charge in [-0.1, -0.05) is 24.3 Å². The number of anilines is 1. The quantitative estimate of drug-likeness (QED) is 0.668. The van der Waals surface area contributed by atoms with Crippen LogP contribution in [0.5, 0.6) is 5.75 Å². The summed E-state index contributed by atoms with van der Waals surface area (Å²) in [4.78, 5) is 0. The molecule has 4 nitrogen and oxygen atoms in total. The van der Waals surface area contributed by atoms with Crippen LogP contribution in [0.1, 0.15) is 18.4 Å². The van der Waals surface area contributed by atoms with E-state index in [9.17, 15) is 0 Å². The maximum absolute atomic E-state index is 9.08. The molecule has 2 aromatic rings. The van der Waals surface area contributed by atoms with Crippen LogP contribution in [0.4, 0.5) is 5.69 Å². The lowest BCUT2D eigenvalue weighted by Gasteiger charge is -2.11. The SMILES string of the molecule is N#CCCCOc1cc(C#N)c(N)c2ccccc12. The number of nitrogen functional groups attached to an aromatic ring is 1. The number of ether oxygens (including phenoxy) is 1. The molecule has 94 valence electrons. The monoisotopic (exact) mass is 251 g/mol. The Hall–Kier alpha value is -2.72. The molecule has 19 heavy (non-hydrogen) atoms. The minimum absolute atomic E-state index is 0.411. The van der Waals surface area contributed by atoms with Crippen molar-refractivity contribution in [1.82, 2.24) is 0 Å². The summed E-state index contributed by atoms with van der Waals surface area (Å²) in [6.45, 7) is 0.451. The van der Waals surface area contributed by atoms with Gasteiger partial charge in [-0.05, 0) is 6.42 Å². The number of unbranched alkanes of at least 4 members (excludes halogenated alkanes) is 1. The summed E-state index contributed by atoms with van der Waals surface area (Å²) in [5.74, 6) is 0.638. The molecule has 2 N–H and O–H groups in total. The van der Waals surface area contributed by atoms with Gasteiger partial charge in [-0.15, -0.1) is 0 Å². The zero-order valence-corrected chi connectivity index (χ0v) is 10.4. The molecule has 0 saturated carbocycles. The van der Waals surface area contributed by atoms with E-state index in [2.05, 4.69) is 12.1 Å². The van der Waals surface area contributed by atoms with Gasteiger partial charge in [0.1, 0.15) is 11.8 Å². The Balaban J connectivity index is 2.40. The topological polar surface area (TPSA) is 82.8 Å². The summed E-state index contributed by atoms with van der Waals surface area (Å²) in [7, 11) is 0. The molecule has 0 saturated heterocycles. The van der Waals surface area contributed by atoms with E-state index in [-0.39, 0.29) is 0 Å². The van der Waals surface area contributed by atoms with Crippen LogP contribution in [0, 0.1) is 22.7 Å². The minimum atomic E-state index is 0.411. The van der Waals surface area contributed by atoms with Gasteiger partial charge in [0, 0.05) is 23.3 Å². The van der Waals surface area contributed by atoms with E-state index in [0.717, 1.165) is 10.8 Å². The van der Waals surface area contributed by atoms with Crippen LogP contribution in [0.15, 0.2) is 30.3 Å². The van der Waals surface area contributed by atoms with E-state index < -0.39 is 0 Å². The predicted molar refractivity (Wildman–Crippen MR) is 73.4 cm³/mol. The van der Waals surface area contributed by atoms with E-state index in [0.29, 0.717) is 36.4 Å². The van der Waals surface area contributed by atoms with Crippen molar-refractivity contribution in [2.24, 2.45) is 0 Å². The molecule has 0 bridgehead atoms. The summed E-state index contributed by atoms with van der Waals surface area (Å²) >= 11 is 0. The molecule has 0 aliphatic heterocycles. The Morgan fingerprint density at radius 2 is 1.89 bits per heavy atom. The fourth-order valence-electron chi connectivity index (χ4n) is 1.91. The zero-order valence-electron chi connectivity index (χ0n) is 10.4. The van der Waals surface area contributed by atoms with Gasteiger partial charge in [0.05, 0.1) is 23.9 Å². The Kier molecular flexibility index (Phi) is 3.85. The Morgan fingerprint density at radius 1 is 1.16 bits per heavy atom. The highest BCUT2D eigenvalue weighted by Crippen LogP contribution is 2.33. The lowest BCUT2D eigenvalue weighted by molar-refractivity contribution is 0.316. The third kappa shape index (κ3) is 2.59. The smallest absolute Gasteiger partial charge is 0.128 e.